The molecule has 1 aromatic rings. The van der Waals surface area contributed by atoms with Crippen LogP contribution >= 0.6 is 0 Å². The van der Waals surface area contributed by atoms with Crippen molar-refractivity contribution in [2.24, 2.45) is 0 Å². The molecule has 1 aromatic carbocycles. The summed E-state index contributed by atoms with van der Waals surface area (Å²) in [5.41, 5.74) is 2.52. The zero-order chi connectivity index (χ0) is 13.0. The lowest BCUT2D eigenvalue weighted by molar-refractivity contribution is 0.0667. The molecule has 0 radical (unpaired) electrons. The van der Waals surface area contributed by atoms with E-state index in [1.54, 1.807) is 0 Å². The van der Waals surface area contributed by atoms with E-state index in [0.717, 1.165) is 37.2 Å². The average Bonchev–Trinajstić information content (AvgIpc) is 2.26. The minimum absolute atomic E-state index is 0.0465. The molecule has 0 aromatic heterocycles. The second-order valence-corrected chi connectivity index (χ2v) is 6.75. The van der Waals surface area contributed by atoms with Crippen LogP contribution in [0.15, 0.2) is 12.1 Å². The van der Waals surface area contributed by atoms with Crippen LogP contribution in [0, 0.1) is 0 Å². The van der Waals surface area contributed by atoms with Gasteiger partial charge in [0.05, 0.1) is 0 Å². The summed E-state index contributed by atoms with van der Waals surface area (Å²) in [6.07, 6.45) is 4.31. The first-order chi connectivity index (χ1) is 8.36. The molecule has 2 heteroatoms. The number of hydrogen-bond donors (Lipinski definition) is 0. The van der Waals surface area contributed by atoms with Gasteiger partial charge in [-0.3, -0.25) is 0 Å². The normalized spacial score (nSPS) is 23.3. The highest BCUT2D eigenvalue weighted by atomic mass is 16.5. The molecule has 2 heterocycles. The highest BCUT2D eigenvalue weighted by molar-refractivity contribution is 5.52. The van der Waals surface area contributed by atoms with Gasteiger partial charge in [-0.1, -0.05) is 6.07 Å². The molecule has 3 rings (SSSR count). The van der Waals surface area contributed by atoms with E-state index >= 15 is 0 Å². The number of rotatable bonds is 0. The molecule has 0 saturated carbocycles. The minimum atomic E-state index is -0.0502. The summed E-state index contributed by atoms with van der Waals surface area (Å²) in [5.74, 6) is 2.11. The highest BCUT2D eigenvalue weighted by Crippen LogP contribution is 2.44. The Morgan fingerprint density at radius 3 is 2.33 bits per heavy atom. The molecule has 0 bridgehead atoms. The lowest BCUT2D eigenvalue weighted by Gasteiger charge is -2.38. The Morgan fingerprint density at radius 2 is 1.56 bits per heavy atom. The van der Waals surface area contributed by atoms with Crippen molar-refractivity contribution in [1.82, 2.24) is 0 Å². The molecule has 2 aliphatic heterocycles. The fourth-order valence-corrected chi connectivity index (χ4v) is 2.85. The monoisotopic (exact) mass is 246 g/mol. The molecule has 0 atom stereocenters. The van der Waals surface area contributed by atoms with Crippen molar-refractivity contribution in [3.8, 4) is 11.5 Å². The molecule has 0 saturated heterocycles. The van der Waals surface area contributed by atoms with Crippen LogP contribution in [0.1, 0.15) is 51.7 Å². The summed E-state index contributed by atoms with van der Waals surface area (Å²) in [6.45, 7) is 8.65. The Bertz CT molecular complexity index is 486. The molecule has 2 aliphatic rings. The summed E-state index contributed by atoms with van der Waals surface area (Å²) >= 11 is 0. The maximum Gasteiger partial charge on any atom is 0.130 e. The topological polar surface area (TPSA) is 18.5 Å². The second-order valence-electron chi connectivity index (χ2n) is 6.75. The molecule has 0 unspecified atom stereocenters. The van der Waals surface area contributed by atoms with Crippen LogP contribution in [0.25, 0.3) is 0 Å². The summed E-state index contributed by atoms with van der Waals surface area (Å²) in [5, 5.41) is 0. The Labute approximate surface area is 109 Å². The van der Waals surface area contributed by atoms with Crippen molar-refractivity contribution < 1.29 is 9.47 Å². The quantitative estimate of drug-likeness (QED) is 0.691. The molecule has 0 N–H and O–H groups in total. The van der Waals surface area contributed by atoms with Crippen LogP contribution < -0.4 is 9.47 Å². The van der Waals surface area contributed by atoms with Crippen LogP contribution in [-0.4, -0.2) is 11.2 Å². The first-order valence-electron chi connectivity index (χ1n) is 6.89. The predicted octanol–water partition coefficient (Wildman–Crippen LogP) is 3.89. The zero-order valence-electron chi connectivity index (χ0n) is 11.8. The minimum Gasteiger partial charge on any atom is -0.487 e. The van der Waals surface area contributed by atoms with Gasteiger partial charge < -0.3 is 9.47 Å². The Balaban J connectivity index is 2.04. The van der Waals surface area contributed by atoms with Gasteiger partial charge in [-0.2, -0.15) is 0 Å². The summed E-state index contributed by atoms with van der Waals surface area (Å²) < 4.78 is 12.3. The van der Waals surface area contributed by atoms with Crippen molar-refractivity contribution in [2.45, 2.75) is 64.6 Å². The van der Waals surface area contributed by atoms with Crippen molar-refractivity contribution in [3.63, 3.8) is 0 Å². The standard InChI is InChI=1S/C16H22O2/c1-15(2)10-8-12-13(17-15)6-5-11-7-9-16(3,4)18-14(11)12/h5-6H,7-10H2,1-4H3. The van der Waals surface area contributed by atoms with E-state index in [9.17, 15) is 0 Å². The lowest BCUT2D eigenvalue weighted by Crippen LogP contribution is -2.36. The van der Waals surface area contributed by atoms with Gasteiger partial charge in [0.1, 0.15) is 22.7 Å². The van der Waals surface area contributed by atoms with Crippen LogP contribution in [0.3, 0.4) is 0 Å². The number of benzene rings is 1. The first-order valence-corrected chi connectivity index (χ1v) is 6.89. The van der Waals surface area contributed by atoms with Crippen molar-refractivity contribution in [3.05, 3.63) is 23.3 Å². The smallest absolute Gasteiger partial charge is 0.130 e. The lowest BCUT2D eigenvalue weighted by atomic mass is 9.88. The van der Waals surface area contributed by atoms with Crippen LogP contribution in [0.4, 0.5) is 0 Å². The highest BCUT2D eigenvalue weighted by Gasteiger charge is 2.33. The van der Waals surface area contributed by atoms with E-state index in [4.69, 9.17) is 9.47 Å². The fourth-order valence-electron chi connectivity index (χ4n) is 2.85. The SMILES string of the molecule is CC1(C)CCc2c(ccc3c2OC(C)(C)CC3)O1. The third-order valence-corrected chi connectivity index (χ3v) is 4.04. The van der Waals surface area contributed by atoms with Crippen LogP contribution in [0.5, 0.6) is 11.5 Å². The predicted molar refractivity (Wildman–Crippen MR) is 72.5 cm³/mol. The number of aryl methyl sites for hydroxylation is 1. The van der Waals surface area contributed by atoms with E-state index in [1.165, 1.54) is 11.1 Å². The van der Waals surface area contributed by atoms with Gasteiger partial charge in [0.15, 0.2) is 0 Å². The second kappa shape index (κ2) is 3.66. The Kier molecular flexibility index (Phi) is 2.42. The molecule has 0 fully saturated rings. The van der Waals surface area contributed by atoms with Gasteiger partial charge in [0.2, 0.25) is 0 Å². The summed E-state index contributed by atoms with van der Waals surface area (Å²) in [7, 11) is 0. The first kappa shape index (κ1) is 11.9. The van der Waals surface area contributed by atoms with E-state index < -0.39 is 0 Å². The Morgan fingerprint density at radius 1 is 0.889 bits per heavy atom. The van der Waals surface area contributed by atoms with E-state index in [2.05, 4.69) is 39.8 Å². The third-order valence-electron chi connectivity index (χ3n) is 4.04. The Hall–Kier alpha value is -1.18. The number of hydrogen-bond acceptors (Lipinski definition) is 2. The van der Waals surface area contributed by atoms with Crippen LogP contribution in [-0.2, 0) is 12.8 Å². The van der Waals surface area contributed by atoms with E-state index in [-0.39, 0.29) is 11.2 Å². The van der Waals surface area contributed by atoms with E-state index in [1.807, 2.05) is 0 Å². The van der Waals surface area contributed by atoms with Gasteiger partial charge >= 0.3 is 0 Å². The zero-order valence-corrected chi connectivity index (χ0v) is 11.8. The molecule has 0 aliphatic carbocycles. The van der Waals surface area contributed by atoms with Gasteiger partial charge in [-0.25, -0.2) is 0 Å². The molecule has 0 amide bonds. The largest absolute Gasteiger partial charge is 0.487 e. The van der Waals surface area contributed by atoms with Crippen molar-refractivity contribution in [2.75, 3.05) is 0 Å². The maximum absolute atomic E-state index is 6.21. The van der Waals surface area contributed by atoms with Crippen molar-refractivity contribution in [1.29, 1.82) is 0 Å². The molecule has 98 valence electrons. The fraction of sp³-hybridized carbons (Fsp3) is 0.625. The van der Waals surface area contributed by atoms with Gasteiger partial charge in [0, 0.05) is 5.56 Å². The van der Waals surface area contributed by atoms with E-state index in [0.29, 0.717) is 0 Å². The number of ether oxygens (including phenoxy) is 2. The number of fused-ring (bicyclic) bond motifs is 3. The van der Waals surface area contributed by atoms with Gasteiger partial charge in [-0.15, -0.1) is 0 Å². The summed E-state index contributed by atoms with van der Waals surface area (Å²) in [6, 6.07) is 4.29. The van der Waals surface area contributed by atoms with Crippen LogP contribution in [0.2, 0.25) is 0 Å². The third kappa shape index (κ3) is 1.98. The maximum atomic E-state index is 6.21. The molecular weight excluding hydrogens is 224 g/mol. The molecule has 18 heavy (non-hydrogen) atoms. The molecule has 0 spiro atoms. The summed E-state index contributed by atoms with van der Waals surface area (Å²) in [4.78, 5) is 0. The molecule has 2 nitrogen and oxygen atoms in total. The average molecular weight is 246 g/mol. The van der Waals surface area contributed by atoms with Crippen molar-refractivity contribution >= 4 is 0 Å². The van der Waals surface area contributed by atoms with Gasteiger partial charge in [0.25, 0.3) is 0 Å². The van der Waals surface area contributed by atoms with Gasteiger partial charge in [-0.05, 0) is 65.0 Å². The molecular formula is C16H22O2.